The third-order valence-corrected chi connectivity index (χ3v) is 10.3. The highest BCUT2D eigenvalue weighted by molar-refractivity contribution is 5.75. The van der Waals surface area contributed by atoms with Crippen LogP contribution in [0.3, 0.4) is 0 Å². The molecule has 2 fully saturated rings. The molecule has 0 aromatic carbocycles. The molecule has 2 saturated heterocycles. The first-order chi connectivity index (χ1) is 30.5. The molecule has 1 amide bonds. The summed E-state index contributed by atoms with van der Waals surface area (Å²) in [6, 6.07) is 0. The second-order valence-corrected chi connectivity index (χ2v) is 14.8. The number of halogens is 17. The highest BCUT2D eigenvalue weighted by Crippen LogP contribution is 2.64. The Balaban J connectivity index is 1.19. The van der Waals surface area contributed by atoms with E-state index in [0.29, 0.717) is 0 Å². The number of rotatable bonds is 17. The first-order valence-corrected chi connectivity index (χ1v) is 18.3. The number of aliphatic hydroxyl groups is 5. The molecular formula is C31H30F17N9O10. The Morgan fingerprint density at radius 1 is 0.731 bits per heavy atom. The summed E-state index contributed by atoms with van der Waals surface area (Å²) in [5.74, 6) is -59.5. The van der Waals surface area contributed by atoms with Crippen LogP contribution < -0.4 is 16.6 Å². The Morgan fingerprint density at radius 2 is 1.31 bits per heavy atom. The third-order valence-electron chi connectivity index (χ3n) is 10.3. The number of hydrogen-bond donors (Lipinski definition) is 7. The molecule has 36 heteroatoms. The van der Waals surface area contributed by atoms with Gasteiger partial charge in [-0.05, 0) is 0 Å². The van der Waals surface area contributed by atoms with Crippen molar-refractivity contribution in [3.63, 3.8) is 0 Å². The van der Waals surface area contributed by atoms with Crippen LogP contribution in [-0.4, -0.2) is 162 Å². The van der Waals surface area contributed by atoms with E-state index in [0.717, 1.165) is 32.5 Å². The summed E-state index contributed by atoms with van der Waals surface area (Å²) in [5.41, 5.74) is -3.03. The molecule has 2 aliphatic heterocycles. The zero-order chi connectivity index (χ0) is 50.8. The van der Waals surface area contributed by atoms with E-state index < -0.39 is 146 Å². The Hall–Kier alpha value is -5.04. The van der Waals surface area contributed by atoms with E-state index in [4.69, 9.17) is 9.47 Å². The lowest BCUT2D eigenvalue weighted by Gasteiger charge is -2.42. The quantitative estimate of drug-likeness (QED) is 0.0936. The van der Waals surface area contributed by atoms with Gasteiger partial charge in [0.05, 0.1) is 43.8 Å². The van der Waals surface area contributed by atoms with Crippen LogP contribution in [0.5, 0.6) is 0 Å². The predicted molar refractivity (Wildman–Crippen MR) is 176 cm³/mol. The van der Waals surface area contributed by atoms with E-state index >= 15 is 0 Å². The summed E-state index contributed by atoms with van der Waals surface area (Å²) in [4.78, 5) is 39.6. The third kappa shape index (κ3) is 9.06. The zero-order valence-corrected chi connectivity index (χ0v) is 32.4. The fourth-order valence-corrected chi connectivity index (χ4v) is 6.35. The minimum atomic E-state index is -8.79. The molecule has 19 nitrogen and oxygen atoms in total. The first-order valence-electron chi connectivity index (χ1n) is 18.3. The standard InChI is InChI=1S/C31H30F17N9O10/c32-24(33,25(34,35)26(36,37)27(38,39)28(40,41)29(42,43)30(44,45)31(46,47)48)2-1-16(60)49-4-10-5-55(53-51-10)8-14-13(59)3-17(66-14)56-6-11(21(64)50-23(56)65)12-7-57(54-52-12)22-20(63)19(62)18(61)15(9-58)67-22/h5-7,13-15,17-20,22,58-59,61-63H,1-4,8-9H2,(H,49,60)(H,50,64,65)/t13-,14+,15+,17+,18+,19-,20+,22+/m0/s1. The molecule has 0 unspecified atom stereocenters. The van der Waals surface area contributed by atoms with E-state index in [-0.39, 0.29) is 23.4 Å². The van der Waals surface area contributed by atoms with Crippen LogP contribution in [0.15, 0.2) is 28.2 Å². The maximum atomic E-state index is 14.2. The largest absolute Gasteiger partial charge is 0.460 e. The Kier molecular flexibility index (Phi) is 14.1. The van der Waals surface area contributed by atoms with Crippen molar-refractivity contribution in [2.75, 3.05) is 6.61 Å². The number of hydrogen-bond acceptors (Lipinski definition) is 14. The molecule has 0 radical (unpaired) electrons. The van der Waals surface area contributed by atoms with Crippen LogP contribution in [0, 0.1) is 0 Å². The van der Waals surface area contributed by atoms with Crippen molar-refractivity contribution in [1.29, 1.82) is 0 Å². The van der Waals surface area contributed by atoms with Gasteiger partial charge in [0.15, 0.2) is 6.23 Å². The number of alkyl halides is 17. The Morgan fingerprint density at radius 3 is 1.90 bits per heavy atom. The van der Waals surface area contributed by atoms with Crippen molar-refractivity contribution in [3.8, 4) is 11.3 Å². The lowest BCUT2D eigenvalue weighted by Crippen LogP contribution is -2.74. The number of aromatic nitrogens is 8. The minimum Gasteiger partial charge on any atom is -0.394 e. The van der Waals surface area contributed by atoms with Crippen LogP contribution in [0.2, 0.25) is 0 Å². The topological polar surface area (TPSA) is 265 Å². The molecule has 0 aliphatic carbocycles. The second kappa shape index (κ2) is 17.8. The molecule has 0 spiro atoms. The second-order valence-electron chi connectivity index (χ2n) is 14.8. The number of nitrogens with zero attached hydrogens (tertiary/aromatic N) is 7. The van der Waals surface area contributed by atoms with Crippen molar-refractivity contribution >= 4 is 5.91 Å². The van der Waals surface area contributed by atoms with Gasteiger partial charge < -0.3 is 40.3 Å². The highest BCUT2D eigenvalue weighted by Gasteiger charge is 2.95. The number of amides is 1. The van der Waals surface area contributed by atoms with Gasteiger partial charge in [-0.1, -0.05) is 10.4 Å². The number of carbonyl (C=O) groups is 1. The van der Waals surface area contributed by atoms with Crippen molar-refractivity contribution < 1.29 is 114 Å². The fourth-order valence-electron chi connectivity index (χ4n) is 6.35. The number of nitrogens with one attached hydrogen (secondary N) is 2. The summed E-state index contributed by atoms with van der Waals surface area (Å²) in [5, 5.41) is 66.9. The molecule has 0 bridgehead atoms. The minimum absolute atomic E-state index is 0.252. The van der Waals surface area contributed by atoms with Gasteiger partial charge in [0.1, 0.15) is 48.1 Å². The van der Waals surface area contributed by atoms with E-state index in [1.807, 2.05) is 4.98 Å². The van der Waals surface area contributed by atoms with Gasteiger partial charge in [-0.3, -0.25) is 19.1 Å². The normalized spacial score (nSPS) is 25.2. The lowest BCUT2D eigenvalue weighted by molar-refractivity contribution is -0.461. The van der Waals surface area contributed by atoms with Crippen molar-refractivity contribution in [2.45, 2.75) is 129 Å². The molecule has 3 aromatic heterocycles. The molecule has 5 rings (SSSR count). The van der Waals surface area contributed by atoms with E-state index in [1.165, 1.54) is 0 Å². The SMILES string of the molecule is O=C(CCC(F)(F)C(F)(F)C(F)(F)C(F)(F)C(F)(F)C(F)(F)C(F)(F)C(F)(F)F)NCc1cn(C[C@H]2O[C@@H](n3cc(-c4cn([C@@H]5O[C@H](CO)[C@@H](O)[C@H](O)[C@H]5O)nn4)c(=O)[nH]c3=O)C[C@@H]2O)nn1. The smallest absolute Gasteiger partial charge is 0.394 e. The van der Waals surface area contributed by atoms with Crippen LogP contribution >= 0.6 is 0 Å². The van der Waals surface area contributed by atoms with E-state index in [9.17, 15) is 115 Å². The van der Waals surface area contributed by atoms with Gasteiger partial charge in [-0.25, -0.2) is 14.2 Å². The first kappa shape index (κ1) is 52.9. The number of aromatic amines is 1. The van der Waals surface area contributed by atoms with Gasteiger partial charge >= 0.3 is 53.3 Å². The maximum absolute atomic E-state index is 14.2. The summed E-state index contributed by atoms with van der Waals surface area (Å²) in [6.07, 6.45) is -22.6. The molecule has 0 saturated carbocycles. The molecule has 5 heterocycles. The van der Waals surface area contributed by atoms with Gasteiger partial charge in [-0.2, -0.15) is 74.6 Å². The van der Waals surface area contributed by atoms with Crippen molar-refractivity contribution in [1.82, 2.24) is 44.9 Å². The molecule has 378 valence electrons. The highest BCUT2D eigenvalue weighted by atomic mass is 19.4. The summed E-state index contributed by atoms with van der Waals surface area (Å²) in [7, 11) is 0. The zero-order valence-electron chi connectivity index (χ0n) is 32.4. The van der Waals surface area contributed by atoms with Crippen LogP contribution in [0.1, 0.15) is 37.4 Å². The number of aliphatic hydroxyl groups excluding tert-OH is 5. The van der Waals surface area contributed by atoms with E-state index in [1.54, 1.807) is 5.32 Å². The van der Waals surface area contributed by atoms with Crippen molar-refractivity contribution in [3.05, 3.63) is 45.1 Å². The van der Waals surface area contributed by atoms with Crippen LogP contribution in [0.25, 0.3) is 11.3 Å². The number of ether oxygens (including phenoxy) is 2. The van der Waals surface area contributed by atoms with Gasteiger partial charge in [0.25, 0.3) is 5.56 Å². The molecule has 3 aromatic rings. The fraction of sp³-hybridized carbons (Fsp3) is 0.710. The van der Waals surface area contributed by atoms with Crippen LogP contribution in [-0.2, 0) is 27.4 Å². The Labute approximate surface area is 357 Å². The van der Waals surface area contributed by atoms with Crippen molar-refractivity contribution in [2.24, 2.45) is 0 Å². The van der Waals surface area contributed by atoms with Gasteiger partial charge in [0, 0.05) is 25.5 Å². The molecule has 2 aliphatic rings. The monoisotopic (exact) mass is 1010 g/mol. The lowest BCUT2D eigenvalue weighted by atomic mass is 9.88. The van der Waals surface area contributed by atoms with E-state index in [2.05, 4.69) is 20.6 Å². The average Bonchev–Trinajstić information content (AvgIpc) is 3.98. The van der Waals surface area contributed by atoms with Gasteiger partial charge in [0.2, 0.25) is 5.91 Å². The summed E-state index contributed by atoms with van der Waals surface area (Å²) >= 11 is 0. The Bertz CT molecular complexity index is 2380. The maximum Gasteiger partial charge on any atom is 0.460 e. The molecule has 8 atom stereocenters. The number of carbonyl (C=O) groups excluding carboxylic acids is 1. The summed E-state index contributed by atoms with van der Waals surface area (Å²) in [6.45, 7) is -2.11. The van der Waals surface area contributed by atoms with Crippen LogP contribution in [0.4, 0.5) is 74.6 Å². The molecular weight excluding hydrogens is 981 g/mol. The van der Waals surface area contributed by atoms with Gasteiger partial charge in [-0.15, -0.1) is 10.2 Å². The average molecular weight is 1010 g/mol. The number of H-pyrrole nitrogens is 1. The molecule has 67 heavy (non-hydrogen) atoms. The molecule has 7 N–H and O–H groups in total. The summed E-state index contributed by atoms with van der Waals surface area (Å²) < 4.78 is 243. The predicted octanol–water partition coefficient (Wildman–Crippen LogP) is 1.11.